The summed E-state index contributed by atoms with van der Waals surface area (Å²) in [6, 6.07) is 15.5. The van der Waals surface area contributed by atoms with E-state index in [-0.39, 0.29) is 36.6 Å². The molecule has 2 aliphatic heterocycles. The summed E-state index contributed by atoms with van der Waals surface area (Å²) in [5.74, 6) is -0.934. The number of halogens is 1. The van der Waals surface area contributed by atoms with Gasteiger partial charge in [-0.3, -0.25) is 14.4 Å². The van der Waals surface area contributed by atoms with E-state index in [9.17, 15) is 18.8 Å². The van der Waals surface area contributed by atoms with Gasteiger partial charge in [-0.1, -0.05) is 54.6 Å². The van der Waals surface area contributed by atoms with Gasteiger partial charge in [0, 0.05) is 32.4 Å². The normalized spacial score (nSPS) is 23.0. The Hall–Kier alpha value is -3.30. The van der Waals surface area contributed by atoms with Crippen LogP contribution in [0.3, 0.4) is 0 Å². The first kappa shape index (κ1) is 26.8. The average Bonchev–Trinajstić information content (AvgIpc) is 3.12. The number of nitrogens with two attached hydrogens (primary N) is 2. The van der Waals surface area contributed by atoms with Crippen molar-refractivity contribution >= 4 is 17.7 Å². The van der Waals surface area contributed by atoms with E-state index in [0.717, 1.165) is 16.7 Å². The van der Waals surface area contributed by atoms with Gasteiger partial charge in [-0.2, -0.15) is 0 Å². The molecule has 0 bridgehead atoms. The van der Waals surface area contributed by atoms with Gasteiger partial charge in [-0.25, -0.2) is 4.39 Å². The molecule has 1 unspecified atom stereocenters. The van der Waals surface area contributed by atoms with Crippen LogP contribution < -0.4 is 16.8 Å². The molecule has 5 N–H and O–H groups in total. The lowest BCUT2D eigenvalue weighted by molar-refractivity contribution is -0.142. The van der Waals surface area contributed by atoms with E-state index >= 15 is 0 Å². The number of amides is 3. The maximum absolute atomic E-state index is 14.6. The molecule has 0 aromatic heterocycles. The quantitative estimate of drug-likeness (QED) is 0.516. The second-order valence-corrected chi connectivity index (χ2v) is 10.0. The van der Waals surface area contributed by atoms with E-state index in [1.165, 1.54) is 11.8 Å². The number of rotatable bonds is 6. The lowest BCUT2D eigenvalue weighted by Gasteiger charge is -2.29. The standard InChI is InChI=1S/C28H36FN5O3/c1-18(35)33-14-5-8-22(13-15-33)28(37)34-17-23(29)16-24(34)27(36)32-25(19-6-3-2-4-7-19)20-9-11-21(12-10-20)26(30)31/h2-4,6-7,9-12,22-26H,5,8,13-17,30-31H2,1H3,(H,32,36)/t22?,23-,24+,25+/m1/s1. The molecule has 4 atom stereocenters. The fraction of sp³-hybridized carbons (Fsp3) is 0.464. The van der Waals surface area contributed by atoms with Gasteiger partial charge in [0.15, 0.2) is 0 Å². The summed E-state index contributed by atoms with van der Waals surface area (Å²) in [5.41, 5.74) is 14.0. The number of nitrogens with zero attached hydrogens (tertiary/aromatic N) is 2. The van der Waals surface area contributed by atoms with Crippen LogP contribution in [-0.2, 0) is 14.4 Å². The smallest absolute Gasteiger partial charge is 0.243 e. The molecular weight excluding hydrogens is 473 g/mol. The molecule has 9 heteroatoms. The lowest BCUT2D eigenvalue weighted by Crippen LogP contribution is -2.48. The molecule has 0 radical (unpaired) electrons. The molecule has 4 rings (SSSR count). The Morgan fingerprint density at radius 2 is 1.59 bits per heavy atom. The lowest BCUT2D eigenvalue weighted by atomic mass is 9.96. The monoisotopic (exact) mass is 509 g/mol. The molecule has 0 spiro atoms. The van der Waals surface area contributed by atoms with Gasteiger partial charge >= 0.3 is 0 Å². The summed E-state index contributed by atoms with van der Waals surface area (Å²) in [6.07, 6.45) is -0.0654. The minimum atomic E-state index is -1.26. The van der Waals surface area contributed by atoms with Gasteiger partial charge in [0.1, 0.15) is 12.2 Å². The van der Waals surface area contributed by atoms with Crippen LogP contribution >= 0.6 is 0 Å². The predicted octanol–water partition coefficient (Wildman–Crippen LogP) is 2.40. The van der Waals surface area contributed by atoms with Crippen molar-refractivity contribution in [3.05, 3.63) is 71.3 Å². The first-order chi connectivity index (χ1) is 17.7. The fourth-order valence-corrected chi connectivity index (χ4v) is 5.32. The summed E-state index contributed by atoms with van der Waals surface area (Å²) in [6.45, 7) is 2.54. The molecule has 2 aromatic rings. The highest BCUT2D eigenvalue weighted by molar-refractivity contribution is 5.90. The van der Waals surface area contributed by atoms with Crippen LogP contribution in [0.25, 0.3) is 0 Å². The van der Waals surface area contributed by atoms with Crippen LogP contribution in [0.5, 0.6) is 0 Å². The highest BCUT2D eigenvalue weighted by Crippen LogP contribution is 2.29. The van der Waals surface area contributed by atoms with Gasteiger partial charge in [0.05, 0.1) is 18.8 Å². The number of carbonyl (C=O) groups is 3. The zero-order valence-electron chi connectivity index (χ0n) is 21.2. The minimum absolute atomic E-state index is 0.0104. The van der Waals surface area contributed by atoms with E-state index < -0.39 is 24.4 Å². The number of carbonyl (C=O) groups excluding carboxylic acids is 3. The number of likely N-dealkylation sites (tertiary alicyclic amines) is 2. The molecule has 3 amide bonds. The molecule has 37 heavy (non-hydrogen) atoms. The molecule has 2 heterocycles. The second-order valence-electron chi connectivity index (χ2n) is 10.0. The first-order valence-electron chi connectivity index (χ1n) is 12.9. The van der Waals surface area contributed by atoms with Gasteiger partial charge in [-0.05, 0) is 36.0 Å². The zero-order valence-corrected chi connectivity index (χ0v) is 21.2. The van der Waals surface area contributed by atoms with Crippen molar-refractivity contribution in [3.8, 4) is 0 Å². The highest BCUT2D eigenvalue weighted by atomic mass is 19.1. The third-order valence-corrected chi connectivity index (χ3v) is 7.43. The third kappa shape index (κ3) is 6.34. The molecule has 198 valence electrons. The number of alkyl halides is 1. The average molecular weight is 510 g/mol. The number of hydrogen-bond donors (Lipinski definition) is 3. The van der Waals surface area contributed by atoms with Crippen molar-refractivity contribution in [1.29, 1.82) is 0 Å². The maximum atomic E-state index is 14.6. The van der Waals surface area contributed by atoms with Crippen LogP contribution in [0.15, 0.2) is 54.6 Å². The van der Waals surface area contributed by atoms with Crippen molar-refractivity contribution in [3.63, 3.8) is 0 Å². The third-order valence-electron chi connectivity index (χ3n) is 7.43. The number of benzene rings is 2. The summed E-state index contributed by atoms with van der Waals surface area (Å²) in [7, 11) is 0. The van der Waals surface area contributed by atoms with Crippen molar-refractivity contribution in [2.24, 2.45) is 17.4 Å². The minimum Gasteiger partial charge on any atom is -0.343 e. The number of hydrogen-bond acceptors (Lipinski definition) is 5. The maximum Gasteiger partial charge on any atom is 0.243 e. The predicted molar refractivity (Wildman–Crippen MR) is 139 cm³/mol. The molecule has 2 saturated heterocycles. The Labute approximate surface area is 217 Å². The topological polar surface area (TPSA) is 122 Å². The van der Waals surface area contributed by atoms with Crippen molar-refractivity contribution in [1.82, 2.24) is 15.1 Å². The van der Waals surface area contributed by atoms with Crippen LogP contribution in [-0.4, -0.2) is 59.4 Å². The molecule has 2 fully saturated rings. The summed E-state index contributed by atoms with van der Waals surface area (Å²) in [5, 5.41) is 3.07. The number of nitrogens with one attached hydrogen (secondary N) is 1. The van der Waals surface area contributed by atoms with Gasteiger partial charge in [0.2, 0.25) is 17.7 Å². The fourth-order valence-electron chi connectivity index (χ4n) is 5.32. The van der Waals surface area contributed by atoms with Gasteiger partial charge in [-0.15, -0.1) is 0 Å². The van der Waals surface area contributed by atoms with E-state index in [1.54, 1.807) is 4.90 Å². The molecule has 8 nitrogen and oxygen atoms in total. The summed E-state index contributed by atoms with van der Waals surface area (Å²) >= 11 is 0. The van der Waals surface area contributed by atoms with Crippen LogP contribution in [0.2, 0.25) is 0 Å². The van der Waals surface area contributed by atoms with Gasteiger partial charge < -0.3 is 26.6 Å². The SMILES string of the molecule is CC(=O)N1CCCC(C(=O)N2C[C@H](F)C[C@H]2C(=O)N[C@@H](c2ccccc2)c2ccc(C(N)N)cc2)CC1. The molecule has 2 aliphatic rings. The van der Waals surface area contributed by atoms with E-state index in [4.69, 9.17) is 11.5 Å². The van der Waals surface area contributed by atoms with Crippen LogP contribution in [0.4, 0.5) is 4.39 Å². The highest BCUT2D eigenvalue weighted by Gasteiger charge is 2.42. The van der Waals surface area contributed by atoms with Crippen molar-refractivity contribution < 1.29 is 18.8 Å². The van der Waals surface area contributed by atoms with Crippen LogP contribution in [0.1, 0.15) is 61.5 Å². The van der Waals surface area contributed by atoms with E-state index in [0.29, 0.717) is 32.4 Å². The second kappa shape index (κ2) is 11.8. The summed E-state index contributed by atoms with van der Waals surface area (Å²) < 4.78 is 14.6. The Kier molecular flexibility index (Phi) is 8.56. The Morgan fingerprint density at radius 3 is 2.24 bits per heavy atom. The van der Waals surface area contributed by atoms with Crippen LogP contribution in [0, 0.1) is 5.92 Å². The molecule has 0 saturated carbocycles. The van der Waals surface area contributed by atoms with E-state index in [2.05, 4.69) is 5.32 Å². The largest absolute Gasteiger partial charge is 0.343 e. The molecule has 0 aliphatic carbocycles. The van der Waals surface area contributed by atoms with E-state index in [1.807, 2.05) is 54.6 Å². The Balaban J connectivity index is 1.52. The molecule has 2 aromatic carbocycles. The Bertz CT molecular complexity index is 1090. The zero-order chi connectivity index (χ0) is 26.5. The Morgan fingerprint density at radius 1 is 0.946 bits per heavy atom. The van der Waals surface area contributed by atoms with Crippen molar-refractivity contribution in [2.45, 2.75) is 57.0 Å². The molecular formula is C28H36FN5O3. The van der Waals surface area contributed by atoms with Crippen molar-refractivity contribution in [2.75, 3.05) is 19.6 Å². The first-order valence-corrected chi connectivity index (χ1v) is 12.9. The summed E-state index contributed by atoms with van der Waals surface area (Å²) in [4.78, 5) is 42.0. The van der Waals surface area contributed by atoms with Gasteiger partial charge in [0.25, 0.3) is 0 Å².